The number of amides is 1. The second-order valence-corrected chi connectivity index (χ2v) is 7.13. The number of carbonyl (C=O) groups is 1. The molecule has 4 nitrogen and oxygen atoms in total. The second-order valence-electron chi connectivity index (χ2n) is 4.19. The van der Waals surface area contributed by atoms with Gasteiger partial charge in [-0.1, -0.05) is 25.4 Å². The highest BCUT2D eigenvalue weighted by Crippen LogP contribution is 2.27. The van der Waals surface area contributed by atoms with Gasteiger partial charge in [0.25, 0.3) is 15.0 Å². The van der Waals surface area contributed by atoms with E-state index in [9.17, 15) is 17.6 Å². The molecule has 1 aromatic carbocycles. The molecule has 0 unspecified atom stereocenters. The maximum Gasteiger partial charge on any atom is 0.262 e. The molecule has 0 heterocycles. The van der Waals surface area contributed by atoms with Crippen molar-refractivity contribution in [3.63, 3.8) is 0 Å². The molecule has 1 aromatic rings. The van der Waals surface area contributed by atoms with E-state index in [2.05, 4.69) is 5.32 Å². The summed E-state index contributed by atoms with van der Waals surface area (Å²) >= 11 is 5.62. The fourth-order valence-electron chi connectivity index (χ4n) is 1.65. The van der Waals surface area contributed by atoms with Crippen molar-refractivity contribution in [3.05, 3.63) is 28.5 Å². The lowest BCUT2D eigenvalue weighted by Gasteiger charge is -2.15. The minimum Gasteiger partial charge on any atom is -0.349 e. The molecule has 0 bridgehead atoms. The molecule has 0 aliphatic rings. The first-order valence-corrected chi connectivity index (χ1v) is 8.64. The predicted molar refractivity (Wildman–Crippen MR) is 76.3 cm³/mol. The van der Waals surface area contributed by atoms with E-state index in [1.54, 1.807) is 0 Å². The Bertz CT molecular complexity index is 615. The van der Waals surface area contributed by atoms with Crippen molar-refractivity contribution in [1.29, 1.82) is 0 Å². The third-order valence-electron chi connectivity index (χ3n) is 2.85. The van der Waals surface area contributed by atoms with Gasteiger partial charge in [-0.3, -0.25) is 4.79 Å². The van der Waals surface area contributed by atoms with Crippen molar-refractivity contribution in [3.8, 4) is 0 Å². The molecule has 0 saturated heterocycles. The number of halogens is 3. The van der Waals surface area contributed by atoms with Crippen molar-refractivity contribution < 1.29 is 17.6 Å². The molecular formula is C12H14Cl2FNO3S. The number of nitrogens with one attached hydrogen (secondary N) is 1. The van der Waals surface area contributed by atoms with Gasteiger partial charge in [-0.2, -0.15) is 0 Å². The summed E-state index contributed by atoms with van der Waals surface area (Å²) in [7, 11) is 1.03. The molecule has 0 fully saturated rings. The Balaban J connectivity index is 3.22. The predicted octanol–water partition coefficient (Wildman–Crippen LogP) is 3.33. The Morgan fingerprint density at radius 2 is 1.90 bits per heavy atom. The Morgan fingerprint density at radius 3 is 2.35 bits per heavy atom. The largest absolute Gasteiger partial charge is 0.349 e. The fourth-order valence-corrected chi connectivity index (χ4v) is 3.15. The Kier molecular flexibility index (Phi) is 5.79. The van der Waals surface area contributed by atoms with Crippen LogP contribution in [0.3, 0.4) is 0 Å². The van der Waals surface area contributed by atoms with Gasteiger partial charge in [0.1, 0.15) is 10.7 Å². The summed E-state index contributed by atoms with van der Waals surface area (Å²) in [5.74, 6) is -1.60. The van der Waals surface area contributed by atoms with Gasteiger partial charge in [-0.05, 0) is 25.0 Å². The SMILES string of the molecule is CCC(CC)NC(=O)c1cc(S(=O)(=O)Cl)c(Cl)cc1F. The van der Waals surface area contributed by atoms with Crippen LogP contribution in [0.5, 0.6) is 0 Å². The zero-order valence-corrected chi connectivity index (χ0v) is 13.2. The number of benzene rings is 1. The lowest BCUT2D eigenvalue weighted by atomic mass is 10.1. The van der Waals surface area contributed by atoms with Crippen molar-refractivity contribution in [2.45, 2.75) is 37.6 Å². The van der Waals surface area contributed by atoms with Crippen LogP contribution in [0.4, 0.5) is 4.39 Å². The van der Waals surface area contributed by atoms with Gasteiger partial charge in [0, 0.05) is 16.7 Å². The van der Waals surface area contributed by atoms with Crippen molar-refractivity contribution in [2.24, 2.45) is 0 Å². The van der Waals surface area contributed by atoms with Gasteiger partial charge in [-0.25, -0.2) is 12.8 Å². The molecule has 112 valence electrons. The highest BCUT2D eigenvalue weighted by atomic mass is 35.7. The monoisotopic (exact) mass is 341 g/mol. The maximum atomic E-state index is 13.7. The van der Waals surface area contributed by atoms with Crippen LogP contribution in [0.2, 0.25) is 5.02 Å². The highest BCUT2D eigenvalue weighted by molar-refractivity contribution is 8.13. The summed E-state index contributed by atoms with van der Waals surface area (Å²) in [6.07, 6.45) is 1.36. The van der Waals surface area contributed by atoms with E-state index in [0.29, 0.717) is 12.8 Å². The van der Waals surface area contributed by atoms with E-state index >= 15 is 0 Å². The molecule has 0 saturated carbocycles. The zero-order chi connectivity index (χ0) is 15.5. The van der Waals surface area contributed by atoms with Crippen LogP contribution in [0.1, 0.15) is 37.0 Å². The minimum absolute atomic E-state index is 0.117. The summed E-state index contributed by atoms with van der Waals surface area (Å²) in [6, 6.07) is 1.49. The Hall–Kier alpha value is -0.850. The van der Waals surface area contributed by atoms with Crippen LogP contribution in [0.25, 0.3) is 0 Å². The third-order valence-corrected chi connectivity index (χ3v) is 4.64. The smallest absolute Gasteiger partial charge is 0.262 e. The van der Waals surface area contributed by atoms with Gasteiger partial charge in [-0.15, -0.1) is 0 Å². The van der Waals surface area contributed by atoms with Gasteiger partial charge in [0.15, 0.2) is 0 Å². The number of rotatable bonds is 5. The average Bonchev–Trinajstić information content (AvgIpc) is 2.33. The molecule has 20 heavy (non-hydrogen) atoms. The second kappa shape index (κ2) is 6.74. The molecule has 0 aliphatic heterocycles. The maximum absolute atomic E-state index is 13.7. The van der Waals surface area contributed by atoms with E-state index in [4.69, 9.17) is 22.3 Å². The van der Waals surface area contributed by atoms with E-state index in [0.717, 1.165) is 12.1 Å². The highest BCUT2D eigenvalue weighted by Gasteiger charge is 2.22. The van der Waals surface area contributed by atoms with E-state index in [-0.39, 0.29) is 11.1 Å². The van der Waals surface area contributed by atoms with Crippen LogP contribution < -0.4 is 5.32 Å². The molecule has 8 heteroatoms. The minimum atomic E-state index is -4.15. The van der Waals surface area contributed by atoms with Crippen LogP contribution in [0.15, 0.2) is 17.0 Å². The number of carbonyl (C=O) groups excluding carboxylic acids is 1. The first-order chi connectivity index (χ1) is 9.20. The normalized spacial score (nSPS) is 11.7. The lowest BCUT2D eigenvalue weighted by molar-refractivity contribution is 0.0930. The average molecular weight is 342 g/mol. The first-order valence-electron chi connectivity index (χ1n) is 5.95. The van der Waals surface area contributed by atoms with E-state index in [1.165, 1.54) is 0 Å². The van der Waals surface area contributed by atoms with Crippen molar-refractivity contribution in [1.82, 2.24) is 5.32 Å². The van der Waals surface area contributed by atoms with Crippen LogP contribution in [-0.4, -0.2) is 20.4 Å². The van der Waals surface area contributed by atoms with E-state index in [1.807, 2.05) is 13.8 Å². The molecule has 0 aromatic heterocycles. The molecule has 0 radical (unpaired) electrons. The topological polar surface area (TPSA) is 63.2 Å². The zero-order valence-electron chi connectivity index (χ0n) is 10.9. The number of hydrogen-bond donors (Lipinski definition) is 1. The molecule has 1 amide bonds. The lowest BCUT2D eigenvalue weighted by Crippen LogP contribution is -2.34. The third kappa shape index (κ3) is 4.07. The van der Waals surface area contributed by atoms with Gasteiger partial charge in [0.05, 0.1) is 10.6 Å². The quantitative estimate of drug-likeness (QED) is 0.835. The van der Waals surface area contributed by atoms with Gasteiger partial charge in [0.2, 0.25) is 0 Å². The molecule has 0 aliphatic carbocycles. The Morgan fingerprint density at radius 1 is 1.35 bits per heavy atom. The summed E-state index contributed by atoms with van der Waals surface area (Å²) < 4.78 is 36.3. The standard InChI is InChI=1S/C12H14Cl2FNO3S/c1-3-7(4-2)16-12(17)8-5-11(20(14,18)19)9(13)6-10(8)15/h5-7H,3-4H2,1-2H3,(H,16,17). The summed E-state index contributed by atoms with van der Waals surface area (Å²) in [5, 5.41) is 2.25. The van der Waals surface area contributed by atoms with Gasteiger partial charge < -0.3 is 5.32 Å². The molecule has 1 rings (SSSR count). The van der Waals surface area contributed by atoms with Gasteiger partial charge >= 0.3 is 0 Å². The Labute approximate surface area is 126 Å². The molecule has 0 atom stereocenters. The fraction of sp³-hybridized carbons (Fsp3) is 0.417. The summed E-state index contributed by atoms with van der Waals surface area (Å²) in [6.45, 7) is 3.75. The van der Waals surface area contributed by atoms with Crippen LogP contribution in [0, 0.1) is 5.82 Å². The number of hydrogen-bond acceptors (Lipinski definition) is 3. The van der Waals surface area contributed by atoms with Crippen LogP contribution in [-0.2, 0) is 9.05 Å². The van der Waals surface area contributed by atoms with Crippen LogP contribution >= 0.6 is 22.3 Å². The molecule has 0 spiro atoms. The summed E-state index contributed by atoms with van der Waals surface area (Å²) in [5.41, 5.74) is -0.402. The molecular weight excluding hydrogens is 328 g/mol. The summed E-state index contributed by atoms with van der Waals surface area (Å²) in [4.78, 5) is 11.5. The van der Waals surface area contributed by atoms with Crippen molar-refractivity contribution >= 4 is 37.2 Å². The van der Waals surface area contributed by atoms with E-state index < -0.39 is 31.2 Å². The van der Waals surface area contributed by atoms with Crippen molar-refractivity contribution in [2.75, 3.05) is 0 Å². The first kappa shape index (κ1) is 17.2. The molecule has 1 N–H and O–H groups in total.